The number of nitrogens with zero attached hydrogens (tertiary/aromatic N) is 1. The Morgan fingerprint density at radius 1 is 1.17 bits per heavy atom. The van der Waals surface area contributed by atoms with Gasteiger partial charge in [0.2, 0.25) is 0 Å². The lowest BCUT2D eigenvalue weighted by molar-refractivity contribution is 0.298. The molecule has 1 aromatic carbocycles. The molecule has 0 fully saturated rings. The molecule has 0 atom stereocenters. The van der Waals surface area contributed by atoms with E-state index in [0.29, 0.717) is 6.42 Å². The molecule has 0 spiro atoms. The van der Waals surface area contributed by atoms with Crippen molar-refractivity contribution in [3.05, 3.63) is 45.9 Å². The highest BCUT2D eigenvalue weighted by Gasteiger charge is 2.02. The van der Waals surface area contributed by atoms with Crippen molar-refractivity contribution in [1.29, 1.82) is 0 Å². The summed E-state index contributed by atoms with van der Waals surface area (Å²) in [6.07, 6.45) is 2.58. The van der Waals surface area contributed by atoms with E-state index >= 15 is 0 Å². The highest BCUT2D eigenvalue weighted by molar-refractivity contribution is 7.09. The molecule has 0 aliphatic rings. The molecule has 18 heavy (non-hydrogen) atoms. The summed E-state index contributed by atoms with van der Waals surface area (Å²) in [6, 6.07) is 8.13. The van der Waals surface area contributed by atoms with E-state index in [2.05, 4.69) is 17.1 Å². The second-order valence-corrected chi connectivity index (χ2v) is 5.00. The van der Waals surface area contributed by atoms with Crippen LogP contribution in [0.2, 0.25) is 0 Å². The van der Waals surface area contributed by atoms with Crippen LogP contribution < -0.4 is 4.74 Å². The van der Waals surface area contributed by atoms with Crippen molar-refractivity contribution in [1.82, 2.24) is 4.98 Å². The highest BCUT2D eigenvalue weighted by atomic mass is 32.1. The first-order valence-corrected chi connectivity index (χ1v) is 6.87. The fourth-order valence-corrected chi connectivity index (χ4v) is 2.57. The first-order valence-electron chi connectivity index (χ1n) is 5.99. The van der Waals surface area contributed by atoms with Gasteiger partial charge in [-0.05, 0) is 24.1 Å². The van der Waals surface area contributed by atoms with E-state index in [4.69, 9.17) is 9.84 Å². The number of rotatable bonds is 6. The Labute approximate surface area is 111 Å². The Morgan fingerprint density at radius 3 is 2.61 bits per heavy atom. The first kappa shape index (κ1) is 13.1. The van der Waals surface area contributed by atoms with E-state index in [1.807, 2.05) is 17.5 Å². The lowest BCUT2D eigenvalue weighted by Crippen LogP contribution is -1.94. The maximum atomic E-state index is 8.84. The molecule has 0 saturated carbocycles. The molecule has 2 rings (SSSR count). The SMILES string of the molecule is COc1ccc(CCc2nc(CCO)cs2)cc1. The average Bonchev–Trinajstić information content (AvgIpc) is 2.85. The Hall–Kier alpha value is -1.39. The number of thiazole rings is 1. The number of hydrogen-bond acceptors (Lipinski definition) is 4. The van der Waals surface area contributed by atoms with Crippen LogP contribution in [0.4, 0.5) is 0 Å². The van der Waals surface area contributed by atoms with Gasteiger partial charge in [-0.2, -0.15) is 0 Å². The number of aliphatic hydroxyl groups excluding tert-OH is 1. The zero-order valence-corrected chi connectivity index (χ0v) is 11.2. The lowest BCUT2D eigenvalue weighted by atomic mass is 10.1. The number of hydrogen-bond donors (Lipinski definition) is 1. The predicted molar refractivity (Wildman–Crippen MR) is 73.3 cm³/mol. The summed E-state index contributed by atoms with van der Waals surface area (Å²) in [6.45, 7) is 0.168. The average molecular weight is 263 g/mol. The molecule has 3 nitrogen and oxygen atoms in total. The molecule has 1 N–H and O–H groups in total. The molecular formula is C14H17NO2S. The smallest absolute Gasteiger partial charge is 0.118 e. The minimum atomic E-state index is 0.168. The fraction of sp³-hybridized carbons (Fsp3) is 0.357. The maximum Gasteiger partial charge on any atom is 0.118 e. The normalized spacial score (nSPS) is 10.6. The molecule has 96 valence electrons. The summed E-state index contributed by atoms with van der Waals surface area (Å²) in [5.41, 5.74) is 2.28. The van der Waals surface area contributed by atoms with Crippen LogP contribution in [0.5, 0.6) is 5.75 Å². The van der Waals surface area contributed by atoms with Crippen molar-refractivity contribution >= 4 is 11.3 Å². The molecule has 0 unspecified atom stereocenters. The van der Waals surface area contributed by atoms with Crippen LogP contribution in [-0.4, -0.2) is 23.8 Å². The number of ether oxygens (including phenoxy) is 1. The van der Waals surface area contributed by atoms with E-state index in [9.17, 15) is 0 Å². The lowest BCUT2D eigenvalue weighted by Gasteiger charge is -2.02. The van der Waals surface area contributed by atoms with E-state index < -0.39 is 0 Å². The third-order valence-corrected chi connectivity index (χ3v) is 3.71. The van der Waals surface area contributed by atoms with Crippen molar-refractivity contribution in [2.75, 3.05) is 13.7 Å². The third-order valence-electron chi connectivity index (χ3n) is 2.75. The van der Waals surface area contributed by atoms with Gasteiger partial charge in [0.05, 0.1) is 17.8 Å². The van der Waals surface area contributed by atoms with E-state index in [0.717, 1.165) is 29.3 Å². The summed E-state index contributed by atoms with van der Waals surface area (Å²) in [4.78, 5) is 4.48. The Bertz CT molecular complexity index is 479. The summed E-state index contributed by atoms with van der Waals surface area (Å²) in [7, 11) is 1.67. The topological polar surface area (TPSA) is 42.4 Å². The van der Waals surface area contributed by atoms with Gasteiger partial charge >= 0.3 is 0 Å². The van der Waals surface area contributed by atoms with Crippen LogP contribution in [0.25, 0.3) is 0 Å². The van der Waals surface area contributed by atoms with Crippen molar-refractivity contribution in [3.8, 4) is 5.75 Å². The van der Waals surface area contributed by atoms with Crippen LogP contribution in [0.3, 0.4) is 0 Å². The van der Waals surface area contributed by atoms with Crippen molar-refractivity contribution in [2.45, 2.75) is 19.3 Å². The molecular weight excluding hydrogens is 246 g/mol. The molecule has 0 radical (unpaired) electrons. The van der Waals surface area contributed by atoms with Gasteiger partial charge in [0.1, 0.15) is 5.75 Å². The summed E-state index contributed by atoms with van der Waals surface area (Å²) in [5, 5.41) is 12.0. The quantitative estimate of drug-likeness (QED) is 0.870. The Balaban J connectivity index is 1.89. The van der Waals surface area contributed by atoms with Gasteiger partial charge in [-0.25, -0.2) is 4.98 Å². The molecule has 0 bridgehead atoms. The molecule has 0 aliphatic carbocycles. The summed E-state index contributed by atoms with van der Waals surface area (Å²) < 4.78 is 5.13. The second-order valence-electron chi connectivity index (χ2n) is 4.05. The largest absolute Gasteiger partial charge is 0.497 e. The number of methoxy groups -OCH3 is 1. The number of benzene rings is 1. The number of aryl methyl sites for hydroxylation is 2. The van der Waals surface area contributed by atoms with Crippen LogP contribution in [0.15, 0.2) is 29.6 Å². The van der Waals surface area contributed by atoms with Crippen molar-refractivity contribution < 1.29 is 9.84 Å². The fourth-order valence-electron chi connectivity index (χ4n) is 1.74. The third kappa shape index (κ3) is 3.55. The van der Waals surface area contributed by atoms with Gasteiger partial charge in [-0.15, -0.1) is 11.3 Å². The molecule has 1 heterocycles. The van der Waals surface area contributed by atoms with E-state index in [-0.39, 0.29) is 6.61 Å². The van der Waals surface area contributed by atoms with Gasteiger partial charge in [-0.3, -0.25) is 0 Å². The predicted octanol–water partition coefficient (Wildman–Crippen LogP) is 2.47. The highest BCUT2D eigenvalue weighted by Crippen LogP contribution is 2.16. The zero-order valence-electron chi connectivity index (χ0n) is 10.4. The molecule has 0 saturated heterocycles. The van der Waals surface area contributed by atoms with Crippen LogP contribution >= 0.6 is 11.3 Å². The van der Waals surface area contributed by atoms with E-state index in [1.54, 1.807) is 18.4 Å². The summed E-state index contributed by atoms with van der Waals surface area (Å²) >= 11 is 1.67. The minimum absolute atomic E-state index is 0.168. The number of aliphatic hydroxyl groups is 1. The first-order chi connectivity index (χ1) is 8.81. The van der Waals surface area contributed by atoms with Crippen LogP contribution in [-0.2, 0) is 19.3 Å². The Kier molecular flexibility index (Phi) is 4.73. The van der Waals surface area contributed by atoms with Gasteiger partial charge in [-0.1, -0.05) is 12.1 Å². The molecule has 0 amide bonds. The zero-order chi connectivity index (χ0) is 12.8. The standard InChI is InChI=1S/C14H17NO2S/c1-17-13-5-2-11(3-6-13)4-7-14-15-12(8-9-16)10-18-14/h2-3,5-6,10,16H,4,7-9H2,1H3. The van der Waals surface area contributed by atoms with Gasteiger partial charge in [0, 0.05) is 24.8 Å². The molecule has 0 aliphatic heterocycles. The van der Waals surface area contributed by atoms with Crippen LogP contribution in [0, 0.1) is 0 Å². The van der Waals surface area contributed by atoms with Crippen molar-refractivity contribution in [3.63, 3.8) is 0 Å². The monoisotopic (exact) mass is 263 g/mol. The Morgan fingerprint density at radius 2 is 1.94 bits per heavy atom. The molecule has 4 heteroatoms. The number of aromatic nitrogens is 1. The molecule has 1 aromatic heterocycles. The van der Waals surface area contributed by atoms with Gasteiger partial charge < -0.3 is 9.84 Å². The molecule has 2 aromatic rings. The van der Waals surface area contributed by atoms with Crippen LogP contribution in [0.1, 0.15) is 16.3 Å². The second kappa shape index (κ2) is 6.52. The van der Waals surface area contributed by atoms with E-state index in [1.165, 1.54) is 5.56 Å². The van der Waals surface area contributed by atoms with Crippen molar-refractivity contribution in [2.24, 2.45) is 0 Å². The van der Waals surface area contributed by atoms with Gasteiger partial charge in [0.15, 0.2) is 0 Å². The minimum Gasteiger partial charge on any atom is -0.497 e. The van der Waals surface area contributed by atoms with Gasteiger partial charge in [0.25, 0.3) is 0 Å². The summed E-state index contributed by atoms with van der Waals surface area (Å²) in [5.74, 6) is 0.887. The maximum absolute atomic E-state index is 8.84.